The van der Waals surface area contributed by atoms with E-state index < -0.39 is 0 Å². The fourth-order valence-corrected chi connectivity index (χ4v) is 2.92. The average Bonchev–Trinajstić information content (AvgIpc) is 3.05. The van der Waals surface area contributed by atoms with Crippen LogP contribution in [-0.4, -0.2) is 21.3 Å². The molecular weight excluding hydrogens is 240 g/mol. The van der Waals surface area contributed by atoms with Crippen molar-refractivity contribution in [1.29, 1.82) is 0 Å². The van der Waals surface area contributed by atoms with E-state index >= 15 is 0 Å². The molecular formula is C14H16N4O. The molecule has 5 nitrogen and oxygen atoms in total. The monoisotopic (exact) mass is 256 g/mol. The maximum atomic E-state index is 5.68. The van der Waals surface area contributed by atoms with Gasteiger partial charge < -0.3 is 10.1 Å². The fraction of sp³-hybridized carbons (Fsp3) is 0.429. The van der Waals surface area contributed by atoms with Crippen molar-refractivity contribution in [3.63, 3.8) is 0 Å². The van der Waals surface area contributed by atoms with Crippen LogP contribution in [0, 0.1) is 0 Å². The summed E-state index contributed by atoms with van der Waals surface area (Å²) in [6, 6.07) is 8.64. The van der Waals surface area contributed by atoms with Gasteiger partial charge >= 0.3 is 0 Å². The van der Waals surface area contributed by atoms with Crippen LogP contribution in [0.15, 0.2) is 24.3 Å². The number of aromatic nitrogens is 3. The lowest BCUT2D eigenvalue weighted by Crippen LogP contribution is -2.18. The molecule has 2 aliphatic rings. The maximum Gasteiger partial charge on any atom is 0.163 e. The quantitative estimate of drug-likeness (QED) is 0.844. The van der Waals surface area contributed by atoms with E-state index in [9.17, 15) is 0 Å². The standard InChI is InChI=1S/C14H16N4O/c1-2-6-12-10(4-1)8-19-9-13-16-17-14(18(12)13)11-5-3-7-15-11/h1-2,4,6,11,15H,3,5,7-9H2/t11-/m0/s1. The predicted molar refractivity (Wildman–Crippen MR) is 69.8 cm³/mol. The van der Waals surface area contributed by atoms with Gasteiger partial charge in [-0.05, 0) is 25.5 Å². The first kappa shape index (κ1) is 11.1. The van der Waals surface area contributed by atoms with Gasteiger partial charge in [-0.15, -0.1) is 10.2 Å². The Hall–Kier alpha value is -1.72. The van der Waals surface area contributed by atoms with Crippen LogP contribution in [0.1, 0.15) is 36.1 Å². The van der Waals surface area contributed by atoms with E-state index in [0.29, 0.717) is 19.3 Å². The normalized spacial score (nSPS) is 21.8. The lowest BCUT2D eigenvalue weighted by Gasteiger charge is -2.14. The molecule has 1 aromatic heterocycles. The van der Waals surface area contributed by atoms with E-state index in [1.807, 2.05) is 6.07 Å². The molecule has 3 heterocycles. The molecule has 1 N–H and O–H groups in total. The first-order valence-corrected chi connectivity index (χ1v) is 6.77. The van der Waals surface area contributed by atoms with E-state index in [-0.39, 0.29) is 0 Å². The van der Waals surface area contributed by atoms with E-state index in [1.165, 1.54) is 12.0 Å². The largest absolute Gasteiger partial charge is 0.369 e. The lowest BCUT2D eigenvalue weighted by molar-refractivity contribution is 0.105. The van der Waals surface area contributed by atoms with Crippen LogP contribution in [0.3, 0.4) is 0 Å². The zero-order chi connectivity index (χ0) is 12.7. The summed E-state index contributed by atoms with van der Waals surface area (Å²) in [6.45, 7) is 2.22. The third kappa shape index (κ3) is 1.77. The molecule has 19 heavy (non-hydrogen) atoms. The smallest absolute Gasteiger partial charge is 0.163 e. The minimum Gasteiger partial charge on any atom is -0.369 e. The SMILES string of the molecule is c1ccc2c(c1)COCc1nnc([C@@H]3CCCN3)n1-2. The topological polar surface area (TPSA) is 52.0 Å². The van der Waals surface area contributed by atoms with Gasteiger partial charge in [0.05, 0.1) is 18.3 Å². The van der Waals surface area contributed by atoms with Crippen LogP contribution < -0.4 is 5.32 Å². The molecule has 0 radical (unpaired) electrons. The Morgan fingerprint density at radius 3 is 3.05 bits per heavy atom. The van der Waals surface area contributed by atoms with Crippen molar-refractivity contribution < 1.29 is 4.74 Å². The molecule has 0 aliphatic carbocycles. The van der Waals surface area contributed by atoms with E-state index in [2.05, 4.69) is 38.3 Å². The second-order valence-corrected chi connectivity index (χ2v) is 5.08. The van der Waals surface area contributed by atoms with Crippen molar-refractivity contribution >= 4 is 0 Å². The number of ether oxygens (including phenoxy) is 1. The number of fused-ring (bicyclic) bond motifs is 3. The summed E-state index contributed by atoms with van der Waals surface area (Å²) < 4.78 is 7.85. The second kappa shape index (κ2) is 4.43. The number of rotatable bonds is 1. The van der Waals surface area contributed by atoms with Crippen molar-refractivity contribution in [3.05, 3.63) is 41.5 Å². The molecule has 1 aromatic carbocycles. The van der Waals surface area contributed by atoms with Gasteiger partial charge in [0, 0.05) is 5.56 Å². The number of benzene rings is 1. The number of hydrogen-bond acceptors (Lipinski definition) is 4. The molecule has 2 aromatic rings. The average molecular weight is 256 g/mol. The molecule has 0 spiro atoms. The van der Waals surface area contributed by atoms with Crippen molar-refractivity contribution in [2.45, 2.75) is 32.1 Å². The van der Waals surface area contributed by atoms with E-state index in [0.717, 1.165) is 30.3 Å². The molecule has 0 unspecified atom stereocenters. The lowest BCUT2D eigenvalue weighted by atomic mass is 10.1. The van der Waals surface area contributed by atoms with Gasteiger partial charge in [-0.1, -0.05) is 18.2 Å². The number of hydrogen-bond donors (Lipinski definition) is 1. The minimum atomic E-state index is 0.312. The van der Waals surface area contributed by atoms with Crippen molar-refractivity contribution in [3.8, 4) is 5.69 Å². The summed E-state index contributed by atoms with van der Waals surface area (Å²) in [7, 11) is 0. The first-order valence-electron chi connectivity index (χ1n) is 6.77. The Kier molecular flexibility index (Phi) is 2.60. The van der Waals surface area contributed by atoms with Gasteiger partial charge in [0.25, 0.3) is 0 Å². The van der Waals surface area contributed by atoms with Gasteiger partial charge in [-0.25, -0.2) is 0 Å². The van der Waals surface area contributed by atoms with Gasteiger partial charge in [-0.2, -0.15) is 0 Å². The van der Waals surface area contributed by atoms with Crippen LogP contribution in [0.25, 0.3) is 5.69 Å². The zero-order valence-corrected chi connectivity index (χ0v) is 10.7. The summed E-state index contributed by atoms with van der Waals surface area (Å²) in [4.78, 5) is 0. The van der Waals surface area contributed by atoms with Gasteiger partial charge in [0.2, 0.25) is 0 Å². The summed E-state index contributed by atoms with van der Waals surface area (Å²) in [5, 5.41) is 12.2. The summed E-state index contributed by atoms with van der Waals surface area (Å²) in [6.07, 6.45) is 2.33. The molecule has 0 amide bonds. The van der Waals surface area contributed by atoms with Crippen molar-refractivity contribution in [1.82, 2.24) is 20.1 Å². The zero-order valence-electron chi connectivity index (χ0n) is 10.7. The van der Waals surface area contributed by atoms with Gasteiger partial charge in [0.1, 0.15) is 6.61 Å². The summed E-state index contributed by atoms with van der Waals surface area (Å²) in [5.41, 5.74) is 2.35. The highest BCUT2D eigenvalue weighted by Crippen LogP contribution is 2.28. The number of nitrogens with one attached hydrogen (secondary N) is 1. The molecule has 4 rings (SSSR count). The van der Waals surface area contributed by atoms with Gasteiger partial charge in [-0.3, -0.25) is 4.57 Å². The van der Waals surface area contributed by atoms with Crippen LogP contribution in [0.4, 0.5) is 0 Å². The van der Waals surface area contributed by atoms with E-state index in [1.54, 1.807) is 0 Å². The number of nitrogens with zero attached hydrogens (tertiary/aromatic N) is 3. The fourth-order valence-electron chi connectivity index (χ4n) is 2.92. The molecule has 98 valence electrons. The molecule has 1 saturated heterocycles. The summed E-state index contributed by atoms with van der Waals surface area (Å²) in [5.74, 6) is 1.92. The molecule has 0 saturated carbocycles. The van der Waals surface area contributed by atoms with E-state index in [4.69, 9.17) is 4.74 Å². The van der Waals surface area contributed by atoms with Crippen LogP contribution >= 0.6 is 0 Å². The maximum absolute atomic E-state index is 5.68. The molecule has 2 aliphatic heterocycles. The Labute approximate surface area is 111 Å². The Morgan fingerprint density at radius 2 is 2.16 bits per heavy atom. The highest BCUT2D eigenvalue weighted by atomic mass is 16.5. The Balaban J connectivity index is 1.89. The first-order chi connectivity index (χ1) is 9.43. The predicted octanol–water partition coefficient (Wildman–Crippen LogP) is 1.72. The summed E-state index contributed by atoms with van der Waals surface area (Å²) >= 11 is 0. The molecule has 1 fully saturated rings. The highest BCUT2D eigenvalue weighted by molar-refractivity contribution is 5.43. The molecule has 1 atom stereocenters. The third-order valence-electron chi connectivity index (χ3n) is 3.85. The molecule has 5 heteroatoms. The van der Waals surface area contributed by atoms with Crippen LogP contribution in [0.2, 0.25) is 0 Å². The number of para-hydroxylation sites is 1. The Bertz CT molecular complexity index is 601. The minimum absolute atomic E-state index is 0.312. The second-order valence-electron chi connectivity index (χ2n) is 5.08. The van der Waals surface area contributed by atoms with Gasteiger partial charge in [0.15, 0.2) is 11.6 Å². The Morgan fingerprint density at radius 1 is 1.21 bits per heavy atom. The van der Waals surface area contributed by atoms with Crippen molar-refractivity contribution in [2.75, 3.05) is 6.54 Å². The van der Waals surface area contributed by atoms with Crippen LogP contribution in [-0.2, 0) is 18.0 Å². The highest BCUT2D eigenvalue weighted by Gasteiger charge is 2.26. The molecule has 0 bridgehead atoms. The van der Waals surface area contributed by atoms with Crippen LogP contribution in [0.5, 0.6) is 0 Å². The third-order valence-corrected chi connectivity index (χ3v) is 3.85. The van der Waals surface area contributed by atoms with Crippen molar-refractivity contribution in [2.24, 2.45) is 0 Å².